The van der Waals surface area contributed by atoms with Crippen LogP contribution in [-0.2, 0) is 6.54 Å². The Balaban J connectivity index is 1.26. The van der Waals surface area contributed by atoms with E-state index in [0.29, 0.717) is 6.54 Å². The molecule has 152 valence electrons. The van der Waals surface area contributed by atoms with Crippen LogP contribution in [0.1, 0.15) is 35.7 Å². The second-order valence-corrected chi connectivity index (χ2v) is 7.63. The van der Waals surface area contributed by atoms with Gasteiger partial charge in [0.15, 0.2) is 0 Å². The summed E-state index contributed by atoms with van der Waals surface area (Å²) in [6, 6.07) is 8.02. The van der Waals surface area contributed by atoms with Crippen LogP contribution in [-0.4, -0.2) is 44.5 Å². The number of imidazole rings is 1. The first-order valence-electron chi connectivity index (χ1n) is 10.0. The van der Waals surface area contributed by atoms with Gasteiger partial charge in [0, 0.05) is 42.8 Å². The van der Waals surface area contributed by atoms with Crippen molar-refractivity contribution < 1.29 is 4.79 Å². The summed E-state index contributed by atoms with van der Waals surface area (Å²) < 4.78 is 2.03. The Morgan fingerprint density at radius 2 is 1.93 bits per heavy atom. The second kappa shape index (κ2) is 8.06. The van der Waals surface area contributed by atoms with Crippen molar-refractivity contribution in [1.29, 1.82) is 0 Å². The molecule has 2 amide bonds. The van der Waals surface area contributed by atoms with Crippen molar-refractivity contribution in [2.45, 2.75) is 46.2 Å². The summed E-state index contributed by atoms with van der Waals surface area (Å²) in [5, 5.41) is 6.01. The van der Waals surface area contributed by atoms with Crippen LogP contribution in [0.15, 0.2) is 30.5 Å². The van der Waals surface area contributed by atoms with E-state index in [4.69, 9.17) is 0 Å². The van der Waals surface area contributed by atoms with E-state index in [-0.39, 0.29) is 12.1 Å². The summed E-state index contributed by atoms with van der Waals surface area (Å²) in [7, 11) is 0. The zero-order valence-electron chi connectivity index (χ0n) is 17.1. The molecule has 0 atom stereocenters. The topological polar surface area (TPSA) is 87.5 Å². The first-order chi connectivity index (χ1) is 14.0. The molecule has 0 saturated carbocycles. The maximum atomic E-state index is 12.3. The Labute approximate surface area is 170 Å². The van der Waals surface area contributed by atoms with Crippen molar-refractivity contribution in [1.82, 2.24) is 30.0 Å². The molecule has 1 fully saturated rings. The van der Waals surface area contributed by atoms with E-state index < -0.39 is 0 Å². The molecule has 29 heavy (non-hydrogen) atoms. The predicted molar refractivity (Wildman–Crippen MR) is 112 cm³/mol. The van der Waals surface area contributed by atoms with Crippen LogP contribution in [0.5, 0.6) is 0 Å². The number of anilines is 1. The monoisotopic (exact) mass is 393 g/mol. The number of carbonyl (C=O) groups is 1. The summed E-state index contributed by atoms with van der Waals surface area (Å²) in [6.45, 7) is 8.08. The molecule has 0 unspecified atom stereocenters. The van der Waals surface area contributed by atoms with Crippen molar-refractivity contribution >= 4 is 17.5 Å². The highest BCUT2D eigenvalue weighted by Crippen LogP contribution is 2.18. The van der Waals surface area contributed by atoms with Crippen LogP contribution >= 0.6 is 0 Å². The normalized spacial score (nSPS) is 14.9. The van der Waals surface area contributed by atoms with E-state index in [0.717, 1.165) is 60.3 Å². The predicted octanol–water partition coefficient (Wildman–Crippen LogP) is 2.52. The van der Waals surface area contributed by atoms with E-state index in [1.54, 1.807) is 0 Å². The van der Waals surface area contributed by atoms with E-state index >= 15 is 0 Å². The lowest BCUT2D eigenvalue weighted by molar-refractivity contribution is 0.234. The van der Waals surface area contributed by atoms with Gasteiger partial charge in [-0.2, -0.15) is 0 Å². The molecule has 2 N–H and O–H groups in total. The number of nitrogens with zero attached hydrogens (tertiary/aromatic N) is 5. The smallest absolute Gasteiger partial charge is 0.315 e. The summed E-state index contributed by atoms with van der Waals surface area (Å²) in [5.41, 5.74) is 3.84. The third-order valence-corrected chi connectivity index (χ3v) is 5.28. The Morgan fingerprint density at radius 1 is 1.14 bits per heavy atom. The third kappa shape index (κ3) is 4.47. The quantitative estimate of drug-likeness (QED) is 0.711. The minimum Gasteiger partial charge on any atom is -0.356 e. The van der Waals surface area contributed by atoms with Gasteiger partial charge in [0.25, 0.3) is 0 Å². The molecular weight excluding hydrogens is 366 g/mol. The second-order valence-electron chi connectivity index (χ2n) is 7.63. The lowest BCUT2D eigenvalue weighted by Crippen LogP contribution is -2.48. The Hall–Kier alpha value is -3.16. The van der Waals surface area contributed by atoms with Gasteiger partial charge < -0.3 is 19.9 Å². The zero-order chi connectivity index (χ0) is 20.4. The van der Waals surface area contributed by atoms with Gasteiger partial charge in [0.05, 0.1) is 12.2 Å². The number of urea groups is 1. The maximum Gasteiger partial charge on any atom is 0.315 e. The van der Waals surface area contributed by atoms with Crippen LogP contribution in [0.25, 0.3) is 5.65 Å². The summed E-state index contributed by atoms with van der Waals surface area (Å²) in [4.78, 5) is 28.0. The van der Waals surface area contributed by atoms with Crippen LogP contribution < -0.4 is 15.5 Å². The first kappa shape index (κ1) is 19.2. The number of fused-ring (bicyclic) bond motifs is 1. The first-order valence-corrected chi connectivity index (χ1v) is 10.0. The number of pyridine rings is 1. The molecule has 8 heteroatoms. The average molecular weight is 393 g/mol. The number of aryl methyl sites for hydroxylation is 3. The minimum absolute atomic E-state index is 0.147. The molecule has 0 radical (unpaired) electrons. The van der Waals surface area contributed by atoms with E-state index in [1.165, 1.54) is 0 Å². The van der Waals surface area contributed by atoms with Crippen molar-refractivity contribution in [3.63, 3.8) is 0 Å². The minimum atomic E-state index is -0.147. The summed E-state index contributed by atoms with van der Waals surface area (Å²) >= 11 is 0. The van der Waals surface area contributed by atoms with Gasteiger partial charge in [-0.1, -0.05) is 6.07 Å². The van der Waals surface area contributed by atoms with Gasteiger partial charge in [-0.25, -0.2) is 19.7 Å². The van der Waals surface area contributed by atoms with Gasteiger partial charge in [0.1, 0.15) is 17.3 Å². The van der Waals surface area contributed by atoms with Crippen LogP contribution in [0.2, 0.25) is 0 Å². The van der Waals surface area contributed by atoms with Gasteiger partial charge in [-0.3, -0.25) is 0 Å². The Bertz CT molecular complexity index is 1000. The van der Waals surface area contributed by atoms with E-state index in [9.17, 15) is 4.79 Å². The fraction of sp³-hybridized carbons (Fsp3) is 0.429. The SMILES string of the molecule is Cc1cc(N2CCC(NC(=O)NCc3cn4c(C)cccc4n3)CC2)nc(C)n1. The van der Waals surface area contributed by atoms with Crippen LogP contribution in [0.3, 0.4) is 0 Å². The molecule has 0 aromatic carbocycles. The van der Waals surface area contributed by atoms with E-state index in [1.807, 2.05) is 55.6 Å². The third-order valence-electron chi connectivity index (χ3n) is 5.28. The lowest BCUT2D eigenvalue weighted by atomic mass is 10.1. The summed E-state index contributed by atoms with van der Waals surface area (Å²) in [5.74, 6) is 1.77. The highest BCUT2D eigenvalue weighted by molar-refractivity contribution is 5.74. The summed E-state index contributed by atoms with van der Waals surface area (Å²) in [6.07, 6.45) is 3.75. The van der Waals surface area contributed by atoms with Crippen molar-refractivity contribution in [2.24, 2.45) is 0 Å². The van der Waals surface area contributed by atoms with Crippen LogP contribution in [0.4, 0.5) is 10.6 Å². The fourth-order valence-electron chi connectivity index (χ4n) is 3.80. The molecule has 8 nitrogen and oxygen atoms in total. The molecule has 1 aliphatic heterocycles. The largest absolute Gasteiger partial charge is 0.356 e. The highest BCUT2D eigenvalue weighted by Gasteiger charge is 2.22. The number of hydrogen-bond acceptors (Lipinski definition) is 5. The molecule has 3 aromatic heterocycles. The molecule has 0 spiro atoms. The molecule has 0 aliphatic carbocycles. The van der Waals surface area contributed by atoms with Crippen LogP contribution in [0, 0.1) is 20.8 Å². The van der Waals surface area contributed by atoms with Crippen molar-refractivity contribution in [3.8, 4) is 0 Å². The number of hydrogen-bond donors (Lipinski definition) is 2. The molecule has 1 saturated heterocycles. The molecule has 1 aliphatic rings. The molecule has 0 bridgehead atoms. The van der Waals surface area contributed by atoms with Gasteiger partial charge in [-0.15, -0.1) is 0 Å². The fourth-order valence-corrected chi connectivity index (χ4v) is 3.80. The van der Waals surface area contributed by atoms with Gasteiger partial charge >= 0.3 is 6.03 Å². The number of nitrogens with one attached hydrogen (secondary N) is 2. The molecular formula is C21H27N7O. The van der Waals surface area contributed by atoms with Crippen molar-refractivity contribution in [2.75, 3.05) is 18.0 Å². The maximum absolute atomic E-state index is 12.3. The van der Waals surface area contributed by atoms with Gasteiger partial charge in [0.2, 0.25) is 0 Å². The molecule has 4 heterocycles. The lowest BCUT2D eigenvalue weighted by Gasteiger charge is -2.33. The molecule has 3 aromatic rings. The number of rotatable bonds is 4. The number of piperidine rings is 1. The average Bonchev–Trinajstić information content (AvgIpc) is 3.11. The Morgan fingerprint density at radius 3 is 2.66 bits per heavy atom. The molecule has 4 rings (SSSR count). The number of carbonyl (C=O) groups excluding carboxylic acids is 1. The number of aromatic nitrogens is 4. The van der Waals surface area contributed by atoms with E-state index in [2.05, 4.69) is 30.5 Å². The highest BCUT2D eigenvalue weighted by atomic mass is 16.2. The van der Waals surface area contributed by atoms with Crippen molar-refractivity contribution in [3.05, 3.63) is 53.4 Å². The Kier molecular flexibility index (Phi) is 5.33. The van der Waals surface area contributed by atoms with Gasteiger partial charge in [-0.05, 0) is 45.7 Å². The zero-order valence-corrected chi connectivity index (χ0v) is 17.1. The standard InChI is InChI=1S/C21H27N7O/c1-14-11-20(24-16(3)23-14)27-9-7-17(8-10-27)26-21(29)22-12-18-13-28-15(2)5-4-6-19(28)25-18/h4-6,11,13,17H,7-10,12H2,1-3H3,(H2,22,26,29). The number of amides is 2.